The molecule has 2 N–H and O–H groups in total. The van der Waals surface area contributed by atoms with Crippen LogP contribution in [0.5, 0.6) is 0 Å². The standard InChI is InChI=1S/C16H22ClN3/c1-10-5-11(2)7-13(6-10)8-14(18)9-15-12(3)19-20(4)16(15)17/h5-7,14H,8-9,18H2,1-4H3. The summed E-state index contributed by atoms with van der Waals surface area (Å²) in [6.07, 6.45) is 1.61. The van der Waals surface area contributed by atoms with E-state index >= 15 is 0 Å². The Hall–Kier alpha value is -1.32. The fraction of sp³-hybridized carbons (Fsp3) is 0.438. The lowest BCUT2D eigenvalue weighted by Gasteiger charge is -2.13. The fourth-order valence-electron chi connectivity index (χ4n) is 2.73. The lowest BCUT2D eigenvalue weighted by molar-refractivity contribution is 0.662. The van der Waals surface area contributed by atoms with E-state index < -0.39 is 0 Å². The molecule has 108 valence electrons. The van der Waals surface area contributed by atoms with Gasteiger partial charge in [0.15, 0.2) is 0 Å². The van der Waals surface area contributed by atoms with Gasteiger partial charge in [-0.2, -0.15) is 5.10 Å². The molecular formula is C16H22ClN3. The number of aromatic nitrogens is 2. The van der Waals surface area contributed by atoms with Crippen molar-refractivity contribution >= 4 is 11.6 Å². The van der Waals surface area contributed by atoms with E-state index in [1.165, 1.54) is 16.7 Å². The number of hydrogen-bond donors (Lipinski definition) is 1. The summed E-state index contributed by atoms with van der Waals surface area (Å²) in [6, 6.07) is 6.63. The van der Waals surface area contributed by atoms with E-state index in [0.717, 1.165) is 24.1 Å². The van der Waals surface area contributed by atoms with Crippen molar-refractivity contribution in [3.05, 3.63) is 51.3 Å². The number of aryl methyl sites for hydroxylation is 4. The first kappa shape index (κ1) is 15.1. The lowest BCUT2D eigenvalue weighted by Crippen LogP contribution is -2.26. The van der Waals surface area contributed by atoms with Gasteiger partial charge in [-0.25, -0.2) is 0 Å². The molecule has 4 heteroatoms. The molecule has 0 amide bonds. The quantitative estimate of drug-likeness (QED) is 0.940. The highest BCUT2D eigenvalue weighted by molar-refractivity contribution is 6.30. The Morgan fingerprint density at radius 1 is 1.15 bits per heavy atom. The number of nitrogens with two attached hydrogens (primary N) is 1. The van der Waals surface area contributed by atoms with Crippen LogP contribution < -0.4 is 5.73 Å². The Bertz CT molecular complexity index is 596. The maximum absolute atomic E-state index is 6.29. The van der Waals surface area contributed by atoms with E-state index in [-0.39, 0.29) is 6.04 Å². The summed E-state index contributed by atoms with van der Waals surface area (Å²) >= 11 is 6.26. The van der Waals surface area contributed by atoms with Gasteiger partial charge >= 0.3 is 0 Å². The normalized spacial score (nSPS) is 12.7. The van der Waals surface area contributed by atoms with Crippen molar-refractivity contribution in [2.24, 2.45) is 12.8 Å². The summed E-state index contributed by atoms with van der Waals surface area (Å²) in [5.74, 6) is 0. The third kappa shape index (κ3) is 3.41. The fourth-order valence-corrected chi connectivity index (χ4v) is 2.98. The van der Waals surface area contributed by atoms with Gasteiger partial charge in [0, 0.05) is 18.7 Å². The summed E-state index contributed by atoms with van der Waals surface area (Å²) in [5.41, 5.74) is 12.2. The van der Waals surface area contributed by atoms with Crippen LogP contribution in [0.4, 0.5) is 0 Å². The van der Waals surface area contributed by atoms with Crippen molar-refractivity contribution in [2.75, 3.05) is 0 Å². The van der Waals surface area contributed by atoms with E-state index in [1.807, 2.05) is 14.0 Å². The monoisotopic (exact) mass is 291 g/mol. The number of halogens is 1. The van der Waals surface area contributed by atoms with Crippen molar-refractivity contribution < 1.29 is 0 Å². The molecule has 0 aliphatic heterocycles. The highest BCUT2D eigenvalue weighted by Gasteiger charge is 2.15. The molecule has 3 nitrogen and oxygen atoms in total. The van der Waals surface area contributed by atoms with Gasteiger partial charge in [0.05, 0.1) is 5.69 Å². The van der Waals surface area contributed by atoms with Crippen molar-refractivity contribution in [1.82, 2.24) is 9.78 Å². The predicted octanol–water partition coefficient (Wildman–Crippen LogP) is 3.11. The minimum absolute atomic E-state index is 0.0524. The lowest BCUT2D eigenvalue weighted by atomic mass is 9.97. The number of benzene rings is 1. The van der Waals surface area contributed by atoms with Crippen LogP contribution in [-0.2, 0) is 19.9 Å². The van der Waals surface area contributed by atoms with Crippen molar-refractivity contribution in [2.45, 2.75) is 39.7 Å². The Morgan fingerprint density at radius 3 is 2.25 bits per heavy atom. The Labute approximate surface area is 125 Å². The zero-order valence-electron chi connectivity index (χ0n) is 12.6. The molecule has 0 bridgehead atoms. The van der Waals surface area contributed by atoms with Crippen LogP contribution in [-0.4, -0.2) is 15.8 Å². The smallest absolute Gasteiger partial charge is 0.130 e. The molecule has 1 aromatic carbocycles. The first-order valence-electron chi connectivity index (χ1n) is 6.87. The molecule has 0 saturated carbocycles. The molecule has 1 unspecified atom stereocenters. The minimum Gasteiger partial charge on any atom is -0.327 e. The first-order valence-corrected chi connectivity index (χ1v) is 7.25. The van der Waals surface area contributed by atoms with Gasteiger partial charge in [0.25, 0.3) is 0 Å². The Morgan fingerprint density at radius 2 is 1.75 bits per heavy atom. The predicted molar refractivity (Wildman–Crippen MR) is 84.3 cm³/mol. The van der Waals surface area contributed by atoms with Gasteiger partial charge in [0.1, 0.15) is 5.15 Å². The SMILES string of the molecule is Cc1cc(C)cc(CC(N)Cc2c(C)nn(C)c2Cl)c1. The van der Waals surface area contributed by atoms with Crippen LogP contribution in [0.3, 0.4) is 0 Å². The van der Waals surface area contributed by atoms with E-state index in [2.05, 4.69) is 37.1 Å². The van der Waals surface area contributed by atoms with Crippen LogP contribution in [0.2, 0.25) is 5.15 Å². The number of rotatable bonds is 4. The third-order valence-electron chi connectivity index (χ3n) is 3.52. The zero-order chi connectivity index (χ0) is 14.9. The van der Waals surface area contributed by atoms with Gasteiger partial charge in [-0.3, -0.25) is 4.68 Å². The number of hydrogen-bond acceptors (Lipinski definition) is 2. The molecule has 1 heterocycles. The molecule has 1 aromatic heterocycles. The molecule has 0 saturated heterocycles. The van der Waals surface area contributed by atoms with Crippen LogP contribution in [0, 0.1) is 20.8 Å². The Kier molecular flexibility index (Phi) is 4.51. The van der Waals surface area contributed by atoms with Crippen molar-refractivity contribution in [3.8, 4) is 0 Å². The van der Waals surface area contributed by atoms with E-state index in [1.54, 1.807) is 4.68 Å². The number of nitrogens with zero attached hydrogens (tertiary/aromatic N) is 2. The third-order valence-corrected chi connectivity index (χ3v) is 3.99. The molecular weight excluding hydrogens is 270 g/mol. The average molecular weight is 292 g/mol. The van der Waals surface area contributed by atoms with E-state index in [9.17, 15) is 0 Å². The van der Waals surface area contributed by atoms with Crippen molar-refractivity contribution in [3.63, 3.8) is 0 Å². The average Bonchev–Trinajstić information content (AvgIpc) is 2.54. The zero-order valence-corrected chi connectivity index (χ0v) is 13.3. The summed E-state index contributed by atoms with van der Waals surface area (Å²) in [4.78, 5) is 0. The molecule has 0 aliphatic carbocycles. The Balaban J connectivity index is 2.10. The molecule has 0 radical (unpaired) electrons. The van der Waals surface area contributed by atoms with Gasteiger partial charge in [-0.1, -0.05) is 40.9 Å². The van der Waals surface area contributed by atoms with Crippen LogP contribution in [0.25, 0.3) is 0 Å². The molecule has 0 aliphatic rings. The van der Waals surface area contributed by atoms with Crippen molar-refractivity contribution in [1.29, 1.82) is 0 Å². The minimum atomic E-state index is 0.0524. The van der Waals surface area contributed by atoms with Crippen LogP contribution in [0.15, 0.2) is 18.2 Å². The molecule has 20 heavy (non-hydrogen) atoms. The summed E-state index contributed by atoms with van der Waals surface area (Å²) < 4.78 is 1.70. The van der Waals surface area contributed by atoms with E-state index in [4.69, 9.17) is 17.3 Å². The molecule has 0 spiro atoms. The largest absolute Gasteiger partial charge is 0.327 e. The van der Waals surface area contributed by atoms with Gasteiger partial charge < -0.3 is 5.73 Å². The van der Waals surface area contributed by atoms with Crippen LogP contribution in [0.1, 0.15) is 27.9 Å². The molecule has 2 aromatic rings. The van der Waals surface area contributed by atoms with Crippen LogP contribution >= 0.6 is 11.6 Å². The van der Waals surface area contributed by atoms with Gasteiger partial charge in [0.2, 0.25) is 0 Å². The van der Waals surface area contributed by atoms with E-state index in [0.29, 0.717) is 5.15 Å². The molecule has 2 rings (SSSR count). The second-order valence-corrected chi connectivity index (χ2v) is 6.00. The maximum atomic E-state index is 6.29. The first-order chi connectivity index (χ1) is 9.36. The summed E-state index contributed by atoms with van der Waals surface area (Å²) in [7, 11) is 1.86. The summed E-state index contributed by atoms with van der Waals surface area (Å²) in [6.45, 7) is 6.21. The van der Waals surface area contributed by atoms with Gasteiger partial charge in [-0.15, -0.1) is 0 Å². The summed E-state index contributed by atoms with van der Waals surface area (Å²) in [5, 5.41) is 5.02. The second-order valence-electron chi connectivity index (χ2n) is 5.64. The molecule has 0 fully saturated rings. The topological polar surface area (TPSA) is 43.8 Å². The maximum Gasteiger partial charge on any atom is 0.130 e. The highest BCUT2D eigenvalue weighted by atomic mass is 35.5. The molecule has 1 atom stereocenters. The highest BCUT2D eigenvalue weighted by Crippen LogP contribution is 2.21. The van der Waals surface area contributed by atoms with Gasteiger partial charge in [-0.05, 0) is 39.2 Å². The second kappa shape index (κ2) is 5.98.